The standard InChI is InChI=1S/C15H18ClN5O2/c16-12-9-13(11-18-10-12)22-7-8-23-15-14(19-1-2-20-15)21-5-3-17-4-6-21/h1-2,9-11,17H,3-8H2. The molecule has 0 bridgehead atoms. The molecule has 7 nitrogen and oxygen atoms in total. The van der Waals surface area contributed by atoms with Crippen LogP contribution < -0.4 is 19.7 Å². The number of nitrogens with zero attached hydrogens (tertiary/aromatic N) is 4. The summed E-state index contributed by atoms with van der Waals surface area (Å²) in [5.74, 6) is 1.92. The average molecular weight is 336 g/mol. The summed E-state index contributed by atoms with van der Waals surface area (Å²) in [5, 5.41) is 3.85. The molecule has 0 amide bonds. The Morgan fingerprint density at radius 1 is 1.09 bits per heavy atom. The molecule has 1 fully saturated rings. The number of hydrogen-bond acceptors (Lipinski definition) is 7. The minimum absolute atomic E-state index is 0.365. The molecule has 3 rings (SSSR count). The minimum Gasteiger partial charge on any atom is -0.488 e. The van der Waals surface area contributed by atoms with Gasteiger partial charge >= 0.3 is 0 Å². The molecule has 2 aromatic heterocycles. The first-order valence-electron chi connectivity index (χ1n) is 7.46. The van der Waals surface area contributed by atoms with Crippen LogP contribution in [0.2, 0.25) is 5.02 Å². The van der Waals surface area contributed by atoms with Gasteiger partial charge < -0.3 is 19.7 Å². The molecule has 0 aromatic carbocycles. The van der Waals surface area contributed by atoms with E-state index < -0.39 is 0 Å². The van der Waals surface area contributed by atoms with E-state index in [1.165, 1.54) is 0 Å². The maximum Gasteiger partial charge on any atom is 0.257 e. The fourth-order valence-corrected chi connectivity index (χ4v) is 2.45. The molecular formula is C15H18ClN5O2. The van der Waals surface area contributed by atoms with Gasteiger partial charge in [0.15, 0.2) is 5.82 Å². The van der Waals surface area contributed by atoms with Crippen molar-refractivity contribution in [2.45, 2.75) is 0 Å². The average Bonchev–Trinajstić information content (AvgIpc) is 2.60. The summed E-state index contributed by atoms with van der Waals surface area (Å²) in [6.07, 6.45) is 6.48. The highest BCUT2D eigenvalue weighted by Gasteiger charge is 2.17. The van der Waals surface area contributed by atoms with Crippen molar-refractivity contribution in [3.8, 4) is 11.6 Å². The number of aromatic nitrogens is 3. The molecule has 23 heavy (non-hydrogen) atoms. The summed E-state index contributed by atoms with van der Waals surface area (Å²) in [6.45, 7) is 4.38. The topological polar surface area (TPSA) is 72.4 Å². The number of nitrogens with one attached hydrogen (secondary N) is 1. The highest BCUT2D eigenvalue weighted by molar-refractivity contribution is 6.30. The molecule has 3 heterocycles. The van der Waals surface area contributed by atoms with E-state index >= 15 is 0 Å². The third-order valence-corrected chi connectivity index (χ3v) is 3.54. The molecule has 0 spiro atoms. The monoisotopic (exact) mass is 335 g/mol. The van der Waals surface area contributed by atoms with Crippen molar-refractivity contribution in [1.82, 2.24) is 20.3 Å². The number of piperazine rings is 1. The van der Waals surface area contributed by atoms with Gasteiger partial charge in [0.1, 0.15) is 19.0 Å². The predicted octanol–water partition coefficient (Wildman–Crippen LogP) is 1.39. The summed E-state index contributed by atoms with van der Waals surface area (Å²) in [4.78, 5) is 14.8. The van der Waals surface area contributed by atoms with Gasteiger partial charge in [-0.2, -0.15) is 0 Å². The molecule has 1 N–H and O–H groups in total. The van der Waals surface area contributed by atoms with Gasteiger partial charge in [0.2, 0.25) is 0 Å². The van der Waals surface area contributed by atoms with E-state index in [4.69, 9.17) is 21.1 Å². The van der Waals surface area contributed by atoms with Gasteiger partial charge in [-0.05, 0) is 0 Å². The first-order chi connectivity index (χ1) is 11.3. The number of hydrogen-bond donors (Lipinski definition) is 1. The lowest BCUT2D eigenvalue weighted by Gasteiger charge is -2.28. The third-order valence-electron chi connectivity index (χ3n) is 3.33. The summed E-state index contributed by atoms with van der Waals surface area (Å²) in [5.41, 5.74) is 0. The molecule has 1 aliphatic rings. The van der Waals surface area contributed by atoms with Crippen LogP contribution in [0.25, 0.3) is 0 Å². The fraction of sp³-hybridized carbons (Fsp3) is 0.400. The van der Waals surface area contributed by atoms with Crippen molar-refractivity contribution < 1.29 is 9.47 Å². The first-order valence-corrected chi connectivity index (χ1v) is 7.83. The summed E-state index contributed by atoms with van der Waals surface area (Å²) in [7, 11) is 0. The second-order valence-electron chi connectivity index (χ2n) is 4.96. The van der Waals surface area contributed by atoms with Gasteiger partial charge in [-0.15, -0.1) is 0 Å². The predicted molar refractivity (Wildman–Crippen MR) is 87.4 cm³/mol. The van der Waals surface area contributed by atoms with Crippen LogP contribution in [0.4, 0.5) is 5.82 Å². The smallest absolute Gasteiger partial charge is 0.257 e. The first kappa shape index (κ1) is 15.8. The zero-order valence-corrected chi connectivity index (χ0v) is 13.4. The van der Waals surface area contributed by atoms with E-state index in [9.17, 15) is 0 Å². The molecule has 1 saturated heterocycles. The highest BCUT2D eigenvalue weighted by atomic mass is 35.5. The van der Waals surface area contributed by atoms with Gasteiger partial charge in [-0.3, -0.25) is 4.98 Å². The third kappa shape index (κ3) is 4.43. The Morgan fingerprint density at radius 2 is 1.87 bits per heavy atom. The van der Waals surface area contributed by atoms with Crippen LogP contribution in [0.1, 0.15) is 0 Å². The van der Waals surface area contributed by atoms with E-state index in [2.05, 4.69) is 25.2 Å². The largest absolute Gasteiger partial charge is 0.488 e. The van der Waals surface area contributed by atoms with Crippen LogP contribution in [-0.2, 0) is 0 Å². The second kappa shape index (κ2) is 7.94. The fourth-order valence-electron chi connectivity index (χ4n) is 2.28. The van der Waals surface area contributed by atoms with Crippen molar-refractivity contribution >= 4 is 17.4 Å². The number of rotatable bonds is 6. The quantitative estimate of drug-likeness (QED) is 0.800. The highest BCUT2D eigenvalue weighted by Crippen LogP contribution is 2.22. The SMILES string of the molecule is Clc1cncc(OCCOc2nccnc2N2CCNCC2)c1. The van der Waals surface area contributed by atoms with Gasteiger partial charge in [-0.25, -0.2) is 9.97 Å². The van der Waals surface area contributed by atoms with Crippen molar-refractivity contribution in [2.75, 3.05) is 44.3 Å². The Labute approximate surface area is 139 Å². The Kier molecular flexibility index (Phi) is 5.44. The zero-order valence-electron chi connectivity index (χ0n) is 12.6. The normalized spacial score (nSPS) is 14.6. The van der Waals surface area contributed by atoms with Crippen LogP contribution in [0.15, 0.2) is 30.9 Å². The Morgan fingerprint density at radius 3 is 2.70 bits per heavy atom. The van der Waals surface area contributed by atoms with Crippen LogP contribution >= 0.6 is 11.6 Å². The molecule has 0 aliphatic carbocycles. The van der Waals surface area contributed by atoms with Crippen LogP contribution in [0, 0.1) is 0 Å². The maximum absolute atomic E-state index is 5.86. The van der Waals surface area contributed by atoms with Gasteiger partial charge in [0.25, 0.3) is 5.88 Å². The van der Waals surface area contributed by atoms with E-state index in [0.717, 1.165) is 32.0 Å². The molecule has 0 saturated carbocycles. The van der Waals surface area contributed by atoms with Crippen LogP contribution in [-0.4, -0.2) is 54.3 Å². The van der Waals surface area contributed by atoms with E-state index in [0.29, 0.717) is 29.9 Å². The molecular weight excluding hydrogens is 318 g/mol. The number of halogens is 1. The van der Waals surface area contributed by atoms with Crippen molar-refractivity contribution in [1.29, 1.82) is 0 Å². The van der Waals surface area contributed by atoms with Crippen LogP contribution in [0.3, 0.4) is 0 Å². The van der Waals surface area contributed by atoms with Crippen molar-refractivity contribution in [3.63, 3.8) is 0 Å². The van der Waals surface area contributed by atoms with E-state index in [1.54, 1.807) is 30.9 Å². The van der Waals surface area contributed by atoms with Crippen molar-refractivity contribution in [2.24, 2.45) is 0 Å². The lowest BCUT2D eigenvalue weighted by Crippen LogP contribution is -2.44. The molecule has 0 radical (unpaired) electrons. The molecule has 2 aromatic rings. The lowest BCUT2D eigenvalue weighted by atomic mass is 10.3. The Balaban J connectivity index is 1.54. The zero-order chi connectivity index (χ0) is 15.9. The van der Waals surface area contributed by atoms with Crippen molar-refractivity contribution in [3.05, 3.63) is 35.9 Å². The second-order valence-corrected chi connectivity index (χ2v) is 5.39. The lowest BCUT2D eigenvalue weighted by molar-refractivity contribution is 0.211. The molecule has 122 valence electrons. The number of anilines is 1. The molecule has 0 unspecified atom stereocenters. The maximum atomic E-state index is 5.86. The van der Waals surface area contributed by atoms with E-state index in [-0.39, 0.29) is 0 Å². The van der Waals surface area contributed by atoms with Crippen LogP contribution in [0.5, 0.6) is 11.6 Å². The van der Waals surface area contributed by atoms with E-state index in [1.807, 2.05) is 0 Å². The molecule has 1 aliphatic heterocycles. The Hall–Kier alpha value is -2.12. The summed E-state index contributed by atoms with van der Waals surface area (Å²) in [6, 6.07) is 1.71. The van der Waals surface area contributed by atoms with Gasteiger partial charge in [0, 0.05) is 50.8 Å². The Bertz CT molecular complexity index is 637. The number of pyridine rings is 1. The molecule has 0 atom stereocenters. The number of ether oxygens (including phenoxy) is 2. The summed E-state index contributed by atoms with van der Waals surface area (Å²) >= 11 is 5.86. The van der Waals surface area contributed by atoms with Gasteiger partial charge in [0.05, 0.1) is 11.2 Å². The molecule has 8 heteroatoms. The summed E-state index contributed by atoms with van der Waals surface area (Å²) < 4.78 is 11.3. The van der Waals surface area contributed by atoms with Gasteiger partial charge in [-0.1, -0.05) is 11.6 Å². The minimum atomic E-state index is 0.365.